The number of carbonyl (C=O) groups is 1. The minimum absolute atomic E-state index is 0.144. The van der Waals surface area contributed by atoms with Crippen molar-refractivity contribution in [1.82, 2.24) is 5.32 Å². The van der Waals surface area contributed by atoms with Gasteiger partial charge in [0.15, 0.2) is 0 Å². The van der Waals surface area contributed by atoms with Gasteiger partial charge in [0.25, 0.3) is 0 Å². The van der Waals surface area contributed by atoms with Crippen LogP contribution in [0.25, 0.3) is 0 Å². The number of nitrogens with two attached hydrogens (primary N) is 1. The molecule has 0 aromatic rings. The lowest BCUT2D eigenvalue weighted by molar-refractivity contribution is -0.121. The van der Waals surface area contributed by atoms with Crippen molar-refractivity contribution in [2.75, 3.05) is 19.5 Å². The molecule has 0 heterocycles. The third-order valence-corrected chi connectivity index (χ3v) is 3.36. The molecule has 0 aliphatic rings. The standard InChI is InChI=1S/C8H19N2O4P/c1-4-13-15(12,14-5-2)6-10-8(11)7(3)9/h7H,4-6,9H2,1-3H3,(H,10,11)/t7-/m0/s1. The van der Waals surface area contributed by atoms with Crippen LogP contribution in [0.1, 0.15) is 20.8 Å². The molecular formula is C8H19N2O4P. The average molecular weight is 238 g/mol. The van der Waals surface area contributed by atoms with E-state index in [0.29, 0.717) is 0 Å². The first-order valence-electron chi connectivity index (χ1n) is 4.86. The summed E-state index contributed by atoms with van der Waals surface area (Å²) in [6, 6.07) is -0.637. The summed E-state index contributed by atoms with van der Waals surface area (Å²) in [5, 5.41) is 2.42. The minimum Gasteiger partial charge on any atom is -0.343 e. The van der Waals surface area contributed by atoms with Crippen molar-refractivity contribution < 1.29 is 18.4 Å². The van der Waals surface area contributed by atoms with Crippen LogP contribution in [0.4, 0.5) is 0 Å². The lowest BCUT2D eigenvalue weighted by Crippen LogP contribution is -2.38. The van der Waals surface area contributed by atoms with Gasteiger partial charge in [0.05, 0.1) is 19.3 Å². The van der Waals surface area contributed by atoms with Gasteiger partial charge in [-0.25, -0.2) is 0 Å². The second-order valence-electron chi connectivity index (χ2n) is 2.93. The van der Waals surface area contributed by atoms with E-state index in [1.54, 1.807) is 20.8 Å². The van der Waals surface area contributed by atoms with E-state index in [0.717, 1.165) is 0 Å². The third kappa shape index (κ3) is 5.89. The Hall–Kier alpha value is -0.420. The fraction of sp³-hybridized carbons (Fsp3) is 0.875. The number of rotatable bonds is 7. The quantitative estimate of drug-likeness (QED) is 0.636. The van der Waals surface area contributed by atoms with Crippen molar-refractivity contribution in [3.8, 4) is 0 Å². The van der Waals surface area contributed by atoms with Crippen LogP contribution in [0.5, 0.6) is 0 Å². The Labute approximate surface area is 90.0 Å². The second kappa shape index (κ2) is 6.95. The fourth-order valence-electron chi connectivity index (χ4n) is 0.858. The molecule has 0 fully saturated rings. The van der Waals surface area contributed by atoms with Gasteiger partial charge in [-0.05, 0) is 20.8 Å². The van der Waals surface area contributed by atoms with Crippen LogP contribution in [-0.4, -0.2) is 31.4 Å². The Balaban J connectivity index is 4.18. The van der Waals surface area contributed by atoms with Crippen molar-refractivity contribution >= 4 is 13.5 Å². The summed E-state index contributed by atoms with van der Waals surface area (Å²) in [6.07, 6.45) is -0.144. The van der Waals surface area contributed by atoms with E-state index in [9.17, 15) is 9.36 Å². The molecule has 6 nitrogen and oxygen atoms in total. The highest BCUT2D eigenvalue weighted by molar-refractivity contribution is 7.53. The van der Waals surface area contributed by atoms with Crippen LogP contribution >= 0.6 is 7.60 Å². The highest BCUT2D eigenvalue weighted by Crippen LogP contribution is 2.46. The smallest absolute Gasteiger partial charge is 0.343 e. The van der Waals surface area contributed by atoms with Crippen molar-refractivity contribution in [2.45, 2.75) is 26.8 Å². The van der Waals surface area contributed by atoms with Crippen LogP contribution in [0.3, 0.4) is 0 Å². The lowest BCUT2D eigenvalue weighted by Gasteiger charge is -2.17. The molecule has 0 radical (unpaired) electrons. The third-order valence-electron chi connectivity index (χ3n) is 1.51. The molecule has 0 bridgehead atoms. The van der Waals surface area contributed by atoms with E-state index in [4.69, 9.17) is 14.8 Å². The van der Waals surface area contributed by atoms with E-state index in [1.165, 1.54) is 0 Å². The van der Waals surface area contributed by atoms with Gasteiger partial charge in [0.1, 0.15) is 6.29 Å². The number of nitrogens with one attached hydrogen (secondary N) is 1. The molecule has 90 valence electrons. The monoisotopic (exact) mass is 238 g/mol. The Morgan fingerprint density at radius 2 is 1.87 bits per heavy atom. The van der Waals surface area contributed by atoms with Crippen molar-refractivity contribution in [3.63, 3.8) is 0 Å². The van der Waals surface area contributed by atoms with Crippen molar-refractivity contribution in [2.24, 2.45) is 5.73 Å². The van der Waals surface area contributed by atoms with Crippen LogP contribution in [0.2, 0.25) is 0 Å². The van der Waals surface area contributed by atoms with Gasteiger partial charge in [0.2, 0.25) is 5.91 Å². The van der Waals surface area contributed by atoms with Crippen molar-refractivity contribution in [1.29, 1.82) is 0 Å². The second-order valence-corrected chi connectivity index (χ2v) is 4.99. The topological polar surface area (TPSA) is 90.7 Å². The van der Waals surface area contributed by atoms with Gasteiger partial charge < -0.3 is 20.1 Å². The predicted molar refractivity (Wildman–Crippen MR) is 57.5 cm³/mol. The van der Waals surface area contributed by atoms with E-state index in [2.05, 4.69) is 5.32 Å². The molecule has 7 heteroatoms. The largest absolute Gasteiger partial charge is 0.349 e. The number of carbonyl (C=O) groups excluding carboxylic acids is 1. The SMILES string of the molecule is CCOP(=O)(CNC(=O)[C@H](C)N)OCC. The van der Waals surface area contributed by atoms with Gasteiger partial charge in [-0.15, -0.1) is 0 Å². The van der Waals surface area contributed by atoms with Crippen LogP contribution in [0, 0.1) is 0 Å². The van der Waals surface area contributed by atoms with Gasteiger partial charge in [-0.2, -0.15) is 0 Å². The van der Waals surface area contributed by atoms with Crippen LogP contribution in [0.15, 0.2) is 0 Å². The number of hydrogen-bond acceptors (Lipinski definition) is 5. The zero-order chi connectivity index (χ0) is 11.9. The highest BCUT2D eigenvalue weighted by Gasteiger charge is 2.24. The van der Waals surface area contributed by atoms with Crippen molar-refractivity contribution in [3.05, 3.63) is 0 Å². The predicted octanol–water partition coefficient (Wildman–Crippen LogP) is 0.673. The Bertz CT molecular complexity index is 235. The summed E-state index contributed by atoms with van der Waals surface area (Å²) in [6.45, 7) is 5.50. The van der Waals surface area contributed by atoms with Crippen LogP contribution in [-0.2, 0) is 18.4 Å². The molecule has 0 aliphatic carbocycles. The van der Waals surface area contributed by atoms with Crippen LogP contribution < -0.4 is 11.1 Å². The maximum Gasteiger partial charge on any atom is 0.349 e. The summed E-state index contributed by atoms with van der Waals surface area (Å²) in [4.78, 5) is 11.1. The fourth-order valence-corrected chi connectivity index (χ4v) is 2.25. The molecule has 0 aromatic carbocycles. The summed E-state index contributed by atoms with van der Waals surface area (Å²) < 4.78 is 21.8. The maximum atomic E-state index is 11.8. The Morgan fingerprint density at radius 1 is 1.40 bits per heavy atom. The first-order valence-corrected chi connectivity index (χ1v) is 6.59. The molecule has 1 amide bonds. The Kier molecular flexibility index (Phi) is 6.76. The van der Waals surface area contributed by atoms with Gasteiger partial charge in [0, 0.05) is 0 Å². The maximum absolute atomic E-state index is 11.8. The zero-order valence-corrected chi connectivity index (χ0v) is 10.3. The van der Waals surface area contributed by atoms with E-state index in [-0.39, 0.29) is 25.4 Å². The Morgan fingerprint density at radius 3 is 2.20 bits per heavy atom. The molecule has 0 spiro atoms. The first-order chi connectivity index (χ1) is 6.95. The van der Waals surface area contributed by atoms with Gasteiger partial charge >= 0.3 is 7.60 Å². The van der Waals surface area contributed by atoms with Gasteiger partial charge in [-0.1, -0.05) is 0 Å². The molecule has 0 aromatic heterocycles. The summed E-state index contributed by atoms with van der Waals surface area (Å²) in [5.74, 6) is -0.380. The molecule has 0 saturated carbocycles. The summed E-state index contributed by atoms with van der Waals surface area (Å²) in [7, 11) is -3.20. The van der Waals surface area contributed by atoms with E-state index in [1.807, 2.05) is 0 Å². The molecule has 0 aliphatic heterocycles. The summed E-state index contributed by atoms with van der Waals surface area (Å²) >= 11 is 0. The molecule has 0 rings (SSSR count). The highest BCUT2D eigenvalue weighted by atomic mass is 31.2. The minimum atomic E-state index is -3.20. The molecule has 3 N–H and O–H groups in total. The first kappa shape index (κ1) is 14.6. The molecule has 0 saturated heterocycles. The lowest BCUT2D eigenvalue weighted by atomic mass is 10.3. The van der Waals surface area contributed by atoms with E-state index >= 15 is 0 Å². The molecule has 0 unspecified atom stereocenters. The van der Waals surface area contributed by atoms with Gasteiger partial charge in [-0.3, -0.25) is 9.36 Å². The molecule has 1 atom stereocenters. The number of hydrogen-bond donors (Lipinski definition) is 2. The zero-order valence-electron chi connectivity index (χ0n) is 9.36. The van der Waals surface area contributed by atoms with E-state index < -0.39 is 13.6 Å². The average Bonchev–Trinajstić information content (AvgIpc) is 2.15. The molecular weight excluding hydrogens is 219 g/mol. The normalized spacial score (nSPS) is 13.6. The number of amides is 1. The molecule has 15 heavy (non-hydrogen) atoms. The summed E-state index contributed by atoms with van der Waals surface area (Å²) in [5.41, 5.74) is 5.33.